The van der Waals surface area contributed by atoms with Gasteiger partial charge in [0.05, 0.1) is 17.7 Å². The lowest BCUT2D eigenvalue weighted by molar-refractivity contribution is 0.0941. The van der Waals surface area contributed by atoms with Gasteiger partial charge in [0.15, 0.2) is 15.0 Å². The zero-order chi connectivity index (χ0) is 17.2. The molecule has 1 N–H and O–H groups in total. The van der Waals surface area contributed by atoms with E-state index in [9.17, 15) is 13.2 Å². The third-order valence-electron chi connectivity index (χ3n) is 4.04. The van der Waals surface area contributed by atoms with Gasteiger partial charge in [0.2, 0.25) is 0 Å². The average molecular weight is 365 g/mol. The summed E-state index contributed by atoms with van der Waals surface area (Å²) in [5, 5.41) is 3.58. The summed E-state index contributed by atoms with van der Waals surface area (Å²) in [7, 11) is -2.93. The molecule has 128 valence electrons. The molecule has 2 aromatic rings. The number of rotatable bonds is 5. The van der Waals surface area contributed by atoms with Crippen molar-refractivity contribution in [3.8, 4) is 5.69 Å². The highest BCUT2D eigenvalue weighted by molar-refractivity contribution is 7.98. The van der Waals surface area contributed by atoms with Gasteiger partial charge in [0.1, 0.15) is 5.69 Å². The maximum atomic E-state index is 12.6. The number of carbonyl (C=O) groups excluding carboxylic acids is 1. The average Bonchev–Trinajstić information content (AvgIpc) is 3.16. The number of nitrogens with one attached hydrogen (secondary N) is 1. The predicted molar refractivity (Wildman–Crippen MR) is 94.4 cm³/mol. The summed E-state index contributed by atoms with van der Waals surface area (Å²) < 4.78 is 24.8. The minimum atomic E-state index is -2.93. The molecule has 0 aliphatic carbocycles. The van der Waals surface area contributed by atoms with Crippen LogP contribution >= 0.6 is 11.8 Å². The van der Waals surface area contributed by atoms with Gasteiger partial charge in [-0.05, 0) is 30.7 Å². The fourth-order valence-corrected chi connectivity index (χ4v) is 5.23. The van der Waals surface area contributed by atoms with Gasteiger partial charge in [-0.1, -0.05) is 30.0 Å². The number of aromatic nitrogens is 2. The molecule has 1 amide bonds. The molecule has 3 rings (SSSR count). The molecule has 1 atom stereocenters. The lowest BCUT2D eigenvalue weighted by atomic mass is 10.1. The van der Waals surface area contributed by atoms with E-state index >= 15 is 0 Å². The van der Waals surface area contributed by atoms with Gasteiger partial charge in [-0.2, -0.15) is 0 Å². The molecule has 0 radical (unpaired) electrons. The van der Waals surface area contributed by atoms with E-state index in [2.05, 4.69) is 10.3 Å². The van der Waals surface area contributed by atoms with Crippen LogP contribution in [0, 0.1) is 5.92 Å². The fourth-order valence-electron chi connectivity index (χ4n) is 2.83. The van der Waals surface area contributed by atoms with Crippen LogP contribution in [0.1, 0.15) is 16.9 Å². The van der Waals surface area contributed by atoms with Gasteiger partial charge in [0.25, 0.3) is 5.91 Å². The van der Waals surface area contributed by atoms with Crippen molar-refractivity contribution < 1.29 is 13.2 Å². The quantitative estimate of drug-likeness (QED) is 0.817. The molecule has 1 unspecified atom stereocenters. The largest absolute Gasteiger partial charge is 0.350 e. The first-order chi connectivity index (χ1) is 11.5. The Morgan fingerprint density at radius 3 is 2.75 bits per heavy atom. The van der Waals surface area contributed by atoms with Gasteiger partial charge >= 0.3 is 0 Å². The summed E-state index contributed by atoms with van der Waals surface area (Å²) in [6.45, 7) is 0.368. The van der Waals surface area contributed by atoms with Crippen molar-refractivity contribution >= 4 is 27.5 Å². The van der Waals surface area contributed by atoms with Crippen molar-refractivity contribution in [1.82, 2.24) is 14.9 Å². The van der Waals surface area contributed by atoms with Crippen molar-refractivity contribution in [1.29, 1.82) is 0 Å². The maximum absolute atomic E-state index is 12.6. The van der Waals surface area contributed by atoms with Crippen LogP contribution in [0.5, 0.6) is 0 Å². The van der Waals surface area contributed by atoms with Crippen molar-refractivity contribution in [3.63, 3.8) is 0 Å². The van der Waals surface area contributed by atoms with E-state index in [4.69, 9.17) is 0 Å². The van der Waals surface area contributed by atoms with Crippen LogP contribution in [0.2, 0.25) is 0 Å². The van der Waals surface area contributed by atoms with Crippen LogP contribution in [-0.2, 0) is 9.84 Å². The van der Waals surface area contributed by atoms with Gasteiger partial charge in [-0.15, -0.1) is 0 Å². The van der Waals surface area contributed by atoms with E-state index < -0.39 is 9.84 Å². The second-order valence-corrected chi connectivity index (χ2v) is 8.78. The van der Waals surface area contributed by atoms with E-state index in [1.165, 1.54) is 11.8 Å². The molecular formula is C16H19N3O3S2. The van der Waals surface area contributed by atoms with Crippen LogP contribution in [0.3, 0.4) is 0 Å². The topological polar surface area (TPSA) is 81.1 Å². The molecule has 1 aliphatic rings. The minimum Gasteiger partial charge on any atom is -0.350 e. The minimum absolute atomic E-state index is 0.00735. The normalized spacial score (nSPS) is 19.3. The molecule has 2 heterocycles. The zero-order valence-corrected chi connectivity index (χ0v) is 14.9. The second kappa shape index (κ2) is 6.98. The number of carbonyl (C=O) groups is 1. The molecule has 1 aromatic heterocycles. The first-order valence-corrected chi connectivity index (χ1v) is 10.7. The van der Waals surface area contributed by atoms with Crippen LogP contribution in [0.4, 0.5) is 0 Å². The number of sulfone groups is 1. The molecule has 24 heavy (non-hydrogen) atoms. The number of nitrogens with zero attached hydrogens (tertiary/aromatic N) is 2. The monoisotopic (exact) mass is 365 g/mol. The summed E-state index contributed by atoms with van der Waals surface area (Å²) >= 11 is 1.46. The smallest absolute Gasteiger partial charge is 0.269 e. The molecule has 6 nitrogen and oxygen atoms in total. The number of thioether (sulfide) groups is 1. The molecule has 0 saturated carbocycles. The molecular weight excluding hydrogens is 346 g/mol. The molecule has 1 saturated heterocycles. The Kier molecular flexibility index (Phi) is 4.96. The third-order valence-corrected chi connectivity index (χ3v) is 6.53. The van der Waals surface area contributed by atoms with E-state index in [1.54, 1.807) is 6.20 Å². The predicted octanol–water partition coefficient (Wildman–Crippen LogP) is 1.76. The molecule has 0 bridgehead atoms. The van der Waals surface area contributed by atoms with Crippen LogP contribution in [0.25, 0.3) is 5.69 Å². The number of amides is 1. The van der Waals surface area contributed by atoms with E-state index in [-0.39, 0.29) is 23.3 Å². The third kappa shape index (κ3) is 3.64. The summed E-state index contributed by atoms with van der Waals surface area (Å²) in [5.74, 6) is 0.121. The number of benzene rings is 1. The number of para-hydroxylation sites is 1. The van der Waals surface area contributed by atoms with Gasteiger partial charge in [0, 0.05) is 12.2 Å². The summed E-state index contributed by atoms with van der Waals surface area (Å²) in [5.41, 5.74) is 1.32. The molecule has 1 fully saturated rings. The summed E-state index contributed by atoms with van der Waals surface area (Å²) in [6, 6.07) is 9.57. The number of imidazole rings is 1. The number of hydrogen-bond acceptors (Lipinski definition) is 5. The van der Waals surface area contributed by atoms with Crippen molar-refractivity contribution in [2.24, 2.45) is 5.92 Å². The molecule has 1 aliphatic heterocycles. The van der Waals surface area contributed by atoms with E-state index in [1.807, 2.05) is 41.2 Å². The van der Waals surface area contributed by atoms with Crippen molar-refractivity contribution in [2.75, 3.05) is 24.3 Å². The van der Waals surface area contributed by atoms with Crippen LogP contribution < -0.4 is 5.32 Å². The second-order valence-electron chi connectivity index (χ2n) is 5.78. The van der Waals surface area contributed by atoms with E-state index in [0.29, 0.717) is 18.7 Å². The Balaban J connectivity index is 1.77. The first kappa shape index (κ1) is 17.0. The fraction of sp³-hybridized carbons (Fsp3) is 0.375. The zero-order valence-electron chi connectivity index (χ0n) is 13.3. The molecule has 8 heteroatoms. The van der Waals surface area contributed by atoms with Gasteiger partial charge in [-0.25, -0.2) is 13.4 Å². The van der Waals surface area contributed by atoms with Crippen LogP contribution in [-0.4, -0.2) is 48.2 Å². The Labute approximate surface area is 145 Å². The molecule has 0 spiro atoms. The Bertz CT molecular complexity index is 832. The van der Waals surface area contributed by atoms with Gasteiger partial charge in [-0.3, -0.25) is 9.36 Å². The highest BCUT2D eigenvalue weighted by atomic mass is 32.2. The lowest BCUT2D eigenvalue weighted by Crippen LogP contribution is -2.31. The Hall–Kier alpha value is -1.80. The van der Waals surface area contributed by atoms with Crippen molar-refractivity contribution in [3.05, 3.63) is 42.2 Å². The SMILES string of the molecule is CSc1ncc(C(=O)NCC2CCS(=O)(=O)C2)n1-c1ccccc1. The molecule has 1 aromatic carbocycles. The number of hydrogen-bond donors (Lipinski definition) is 1. The highest BCUT2D eigenvalue weighted by Crippen LogP contribution is 2.22. The first-order valence-electron chi connectivity index (χ1n) is 7.66. The van der Waals surface area contributed by atoms with Crippen LogP contribution in [0.15, 0.2) is 41.7 Å². The van der Waals surface area contributed by atoms with Crippen molar-refractivity contribution in [2.45, 2.75) is 11.6 Å². The summed E-state index contributed by atoms with van der Waals surface area (Å²) in [4.78, 5) is 16.9. The highest BCUT2D eigenvalue weighted by Gasteiger charge is 2.28. The maximum Gasteiger partial charge on any atom is 0.269 e. The Morgan fingerprint density at radius 2 is 2.12 bits per heavy atom. The summed E-state index contributed by atoms with van der Waals surface area (Å²) in [6.07, 6.45) is 4.07. The lowest BCUT2D eigenvalue weighted by Gasteiger charge is -2.13. The van der Waals surface area contributed by atoms with Gasteiger partial charge < -0.3 is 5.32 Å². The van der Waals surface area contributed by atoms with E-state index in [0.717, 1.165) is 10.8 Å². The Morgan fingerprint density at radius 1 is 1.38 bits per heavy atom. The standard InChI is InChI=1S/C16H19N3O3S2/c1-23-16-18-10-14(19(16)13-5-3-2-4-6-13)15(20)17-9-12-7-8-24(21,22)11-12/h2-6,10,12H,7-9,11H2,1H3,(H,17,20).